The lowest BCUT2D eigenvalue weighted by Crippen LogP contribution is -2.52. The van der Waals surface area contributed by atoms with Gasteiger partial charge in [-0.25, -0.2) is 0 Å². The number of benzene rings is 1. The molecule has 8 heteroatoms. The minimum atomic E-state index is 0. The Balaban J connectivity index is 0.00000363. The molecule has 1 atom stereocenters. The van der Waals surface area contributed by atoms with Gasteiger partial charge >= 0.3 is 0 Å². The van der Waals surface area contributed by atoms with Crippen molar-refractivity contribution in [2.45, 2.75) is 45.2 Å². The van der Waals surface area contributed by atoms with Crippen LogP contribution in [0, 0.1) is 0 Å². The number of hydrogen-bond acceptors (Lipinski definition) is 5. The van der Waals surface area contributed by atoms with Crippen molar-refractivity contribution < 1.29 is 9.47 Å². The van der Waals surface area contributed by atoms with Crippen molar-refractivity contribution in [2.24, 2.45) is 4.99 Å². The van der Waals surface area contributed by atoms with Crippen LogP contribution in [0.15, 0.2) is 29.3 Å². The fraction of sp³-hybridized carbons (Fsp3) is 0.708. The van der Waals surface area contributed by atoms with Crippen molar-refractivity contribution in [3.05, 3.63) is 29.8 Å². The largest absolute Gasteiger partial charge is 0.496 e. The zero-order chi connectivity index (χ0) is 22.1. The lowest BCUT2D eigenvalue weighted by molar-refractivity contribution is -0.00684. The summed E-state index contributed by atoms with van der Waals surface area (Å²) in [4.78, 5) is 10.00. The van der Waals surface area contributed by atoms with E-state index in [0.29, 0.717) is 0 Å². The Morgan fingerprint density at radius 1 is 1.12 bits per heavy atom. The standard InChI is InChI=1S/C24H41N5O2.HI/c1-5-25-23(27-19-24(2,3)29-14-16-31-17-15-29)26-18-21(28-12-8-9-13-28)20-10-6-7-11-22(20)30-4;/h6-7,10-11,21H,5,8-9,12-19H2,1-4H3,(H2,25,26,27);1H. The number of guanidine groups is 1. The quantitative estimate of drug-likeness (QED) is 0.276. The Labute approximate surface area is 211 Å². The van der Waals surface area contributed by atoms with Crippen molar-refractivity contribution >= 4 is 29.9 Å². The summed E-state index contributed by atoms with van der Waals surface area (Å²) >= 11 is 0. The number of morpholine rings is 1. The number of halogens is 1. The van der Waals surface area contributed by atoms with Gasteiger partial charge in [0, 0.05) is 37.3 Å². The molecule has 1 aromatic carbocycles. The van der Waals surface area contributed by atoms with E-state index >= 15 is 0 Å². The number of nitrogens with zero attached hydrogens (tertiary/aromatic N) is 3. The third-order valence-corrected chi connectivity index (χ3v) is 6.38. The molecule has 3 rings (SSSR count). The molecule has 0 amide bonds. The molecular formula is C24H42IN5O2. The minimum Gasteiger partial charge on any atom is -0.496 e. The first kappa shape index (κ1) is 27.1. The zero-order valence-electron chi connectivity index (χ0n) is 20.2. The molecule has 0 radical (unpaired) electrons. The van der Waals surface area contributed by atoms with Gasteiger partial charge in [0.15, 0.2) is 5.96 Å². The molecule has 32 heavy (non-hydrogen) atoms. The van der Waals surface area contributed by atoms with Gasteiger partial charge in [-0.15, -0.1) is 24.0 Å². The molecule has 0 spiro atoms. The van der Waals surface area contributed by atoms with E-state index in [4.69, 9.17) is 14.5 Å². The normalized spacial score (nSPS) is 19.3. The highest BCUT2D eigenvalue weighted by molar-refractivity contribution is 14.0. The highest BCUT2D eigenvalue weighted by Crippen LogP contribution is 2.31. The summed E-state index contributed by atoms with van der Waals surface area (Å²) in [7, 11) is 1.76. The lowest BCUT2D eigenvalue weighted by atomic mass is 10.0. The molecule has 182 valence electrons. The number of aliphatic imine (C=N–C) groups is 1. The molecular weight excluding hydrogens is 517 g/mol. The Bertz CT molecular complexity index is 703. The summed E-state index contributed by atoms with van der Waals surface area (Å²) in [6, 6.07) is 8.65. The minimum absolute atomic E-state index is 0. The van der Waals surface area contributed by atoms with E-state index in [-0.39, 0.29) is 35.6 Å². The molecule has 2 N–H and O–H groups in total. The third kappa shape index (κ3) is 7.46. The highest BCUT2D eigenvalue weighted by atomic mass is 127. The third-order valence-electron chi connectivity index (χ3n) is 6.38. The predicted octanol–water partition coefficient (Wildman–Crippen LogP) is 3.12. The average molecular weight is 560 g/mol. The van der Waals surface area contributed by atoms with E-state index in [1.54, 1.807) is 7.11 Å². The molecule has 2 saturated heterocycles. The van der Waals surface area contributed by atoms with Crippen LogP contribution < -0.4 is 15.4 Å². The maximum atomic E-state index is 5.68. The molecule has 7 nitrogen and oxygen atoms in total. The fourth-order valence-corrected chi connectivity index (χ4v) is 4.51. The van der Waals surface area contributed by atoms with Gasteiger partial charge in [-0.3, -0.25) is 14.8 Å². The van der Waals surface area contributed by atoms with Crippen molar-refractivity contribution in [3.63, 3.8) is 0 Å². The van der Waals surface area contributed by atoms with Gasteiger partial charge in [-0.2, -0.15) is 0 Å². The number of methoxy groups -OCH3 is 1. The van der Waals surface area contributed by atoms with Gasteiger partial charge in [-0.1, -0.05) is 18.2 Å². The molecule has 2 heterocycles. The number of para-hydroxylation sites is 1. The average Bonchev–Trinajstić information content (AvgIpc) is 3.33. The van der Waals surface area contributed by atoms with Gasteiger partial charge in [0.05, 0.1) is 32.9 Å². The summed E-state index contributed by atoms with van der Waals surface area (Å²) in [5.74, 6) is 1.83. The van der Waals surface area contributed by atoms with E-state index in [9.17, 15) is 0 Å². The molecule has 0 aliphatic carbocycles. The van der Waals surface area contributed by atoms with E-state index in [0.717, 1.165) is 70.7 Å². The predicted molar refractivity (Wildman–Crippen MR) is 142 cm³/mol. The number of ether oxygens (including phenoxy) is 2. The Kier molecular flexibility index (Phi) is 11.5. The monoisotopic (exact) mass is 559 g/mol. The van der Waals surface area contributed by atoms with Crippen LogP contribution in [0.1, 0.15) is 45.2 Å². The van der Waals surface area contributed by atoms with Gasteiger partial charge in [-0.05, 0) is 52.8 Å². The first-order chi connectivity index (χ1) is 15.0. The second-order valence-corrected chi connectivity index (χ2v) is 8.99. The van der Waals surface area contributed by atoms with Crippen LogP contribution in [0.4, 0.5) is 0 Å². The van der Waals surface area contributed by atoms with Crippen LogP contribution >= 0.6 is 24.0 Å². The highest BCUT2D eigenvalue weighted by Gasteiger charge is 2.29. The fourth-order valence-electron chi connectivity index (χ4n) is 4.51. The molecule has 0 aromatic heterocycles. The Morgan fingerprint density at radius 3 is 2.47 bits per heavy atom. The van der Waals surface area contributed by atoms with Crippen molar-refractivity contribution in [3.8, 4) is 5.75 Å². The van der Waals surface area contributed by atoms with Crippen LogP contribution in [-0.4, -0.2) is 87.4 Å². The van der Waals surface area contributed by atoms with Gasteiger partial charge < -0.3 is 20.1 Å². The lowest BCUT2D eigenvalue weighted by Gasteiger charge is -2.40. The smallest absolute Gasteiger partial charge is 0.191 e. The molecule has 1 unspecified atom stereocenters. The van der Waals surface area contributed by atoms with E-state index in [1.165, 1.54) is 18.4 Å². The zero-order valence-corrected chi connectivity index (χ0v) is 22.6. The van der Waals surface area contributed by atoms with E-state index in [2.05, 4.69) is 59.4 Å². The summed E-state index contributed by atoms with van der Waals surface area (Å²) in [6.45, 7) is 14.8. The molecule has 0 saturated carbocycles. The molecule has 0 bridgehead atoms. The summed E-state index contributed by atoms with van der Waals surface area (Å²) in [5.41, 5.74) is 1.24. The van der Waals surface area contributed by atoms with Gasteiger partial charge in [0.1, 0.15) is 5.75 Å². The molecule has 1 aromatic rings. The van der Waals surface area contributed by atoms with E-state index in [1.807, 2.05) is 6.07 Å². The Morgan fingerprint density at radius 2 is 1.81 bits per heavy atom. The Hall–Kier alpha value is -1.10. The van der Waals surface area contributed by atoms with Crippen molar-refractivity contribution in [1.29, 1.82) is 0 Å². The van der Waals surface area contributed by atoms with Crippen LogP contribution in [-0.2, 0) is 4.74 Å². The number of likely N-dealkylation sites (tertiary alicyclic amines) is 1. The van der Waals surface area contributed by atoms with Gasteiger partial charge in [0.25, 0.3) is 0 Å². The van der Waals surface area contributed by atoms with Crippen LogP contribution in [0.25, 0.3) is 0 Å². The van der Waals surface area contributed by atoms with Crippen molar-refractivity contribution in [1.82, 2.24) is 20.4 Å². The second kappa shape index (κ2) is 13.6. The van der Waals surface area contributed by atoms with E-state index < -0.39 is 0 Å². The second-order valence-electron chi connectivity index (χ2n) is 8.99. The topological polar surface area (TPSA) is 61.4 Å². The maximum Gasteiger partial charge on any atom is 0.191 e. The maximum absolute atomic E-state index is 5.68. The number of rotatable bonds is 9. The van der Waals surface area contributed by atoms with Crippen molar-refractivity contribution in [2.75, 3.05) is 66.1 Å². The molecule has 2 aliphatic heterocycles. The molecule has 2 fully saturated rings. The summed E-state index contributed by atoms with van der Waals surface area (Å²) < 4.78 is 11.2. The number of hydrogen-bond donors (Lipinski definition) is 2. The van der Waals surface area contributed by atoms with Crippen LogP contribution in [0.3, 0.4) is 0 Å². The first-order valence-electron chi connectivity index (χ1n) is 11.8. The van der Waals surface area contributed by atoms with Crippen LogP contribution in [0.2, 0.25) is 0 Å². The number of nitrogens with one attached hydrogen (secondary N) is 2. The first-order valence-corrected chi connectivity index (χ1v) is 11.8. The van der Waals surface area contributed by atoms with Crippen LogP contribution in [0.5, 0.6) is 5.75 Å². The summed E-state index contributed by atoms with van der Waals surface area (Å²) in [5, 5.41) is 7.05. The molecule has 2 aliphatic rings. The SMILES string of the molecule is CCNC(=NCC(C)(C)N1CCOCC1)NCC(c1ccccc1OC)N1CCCC1.I. The van der Waals surface area contributed by atoms with Gasteiger partial charge in [0.2, 0.25) is 0 Å². The summed E-state index contributed by atoms with van der Waals surface area (Å²) in [6.07, 6.45) is 2.51.